The lowest BCUT2D eigenvalue weighted by molar-refractivity contribution is -0.119. The molecule has 0 fully saturated rings. The van der Waals surface area contributed by atoms with Gasteiger partial charge in [-0.25, -0.2) is 4.79 Å². The smallest absolute Gasteiger partial charge is 0.355 e. The van der Waals surface area contributed by atoms with E-state index in [1.54, 1.807) is 34.8 Å². The summed E-state index contributed by atoms with van der Waals surface area (Å²) in [5, 5.41) is 0. The molecule has 0 atom stereocenters. The van der Waals surface area contributed by atoms with Crippen LogP contribution >= 0.6 is 0 Å². The summed E-state index contributed by atoms with van der Waals surface area (Å²) in [6.07, 6.45) is 3.46. The number of esters is 1. The monoisotopic (exact) mass is 352 g/mol. The fourth-order valence-corrected chi connectivity index (χ4v) is 3.53. The van der Waals surface area contributed by atoms with Crippen LogP contribution in [0.15, 0.2) is 47.1 Å². The Morgan fingerprint density at radius 3 is 2.92 bits per heavy atom. The Hall–Kier alpha value is -3.02. The van der Waals surface area contributed by atoms with Gasteiger partial charge in [0, 0.05) is 24.4 Å². The van der Waals surface area contributed by atoms with E-state index in [2.05, 4.69) is 6.07 Å². The quantitative estimate of drug-likeness (QED) is 0.675. The summed E-state index contributed by atoms with van der Waals surface area (Å²) >= 11 is 0. The minimum Gasteiger partial charge on any atom is -0.463 e. The first-order chi connectivity index (χ1) is 12.7. The number of nitrogens with zero attached hydrogens (tertiary/aromatic N) is 2. The number of anilines is 1. The second-order valence-electron chi connectivity index (χ2n) is 6.28. The number of fused-ring (bicyclic) bond motifs is 2. The number of furan rings is 1. The van der Waals surface area contributed by atoms with Crippen LogP contribution in [-0.2, 0) is 22.5 Å². The van der Waals surface area contributed by atoms with Crippen LogP contribution in [0.2, 0.25) is 0 Å². The standard InChI is InChI=1S/C20H20N2O4/c1-2-25-20(24)17-12-18-16(9-11-26-18)22(17)13-19(23)21-10-5-7-14-6-3-4-8-15(14)21/h3-4,6,8-9,11-12H,2,5,7,10,13H2,1H3. The lowest BCUT2D eigenvalue weighted by atomic mass is 10.0. The molecule has 3 aromatic rings. The van der Waals surface area contributed by atoms with Gasteiger partial charge >= 0.3 is 5.97 Å². The molecule has 0 N–H and O–H groups in total. The minimum absolute atomic E-state index is 0.0543. The van der Waals surface area contributed by atoms with Crippen molar-refractivity contribution >= 4 is 28.7 Å². The highest BCUT2D eigenvalue weighted by atomic mass is 16.5. The second kappa shape index (κ2) is 6.71. The zero-order valence-electron chi connectivity index (χ0n) is 14.6. The molecule has 0 radical (unpaired) electrons. The molecule has 0 saturated heterocycles. The summed E-state index contributed by atoms with van der Waals surface area (Å²) in [5.41, 5.74) is 3.75. The van der Waals surface area contributed by atoms with Gasteiger partial charge in [-0.05, 0) is 31.4 Å². The molecular formula is C20H20N2O4. The van der Waals surface area contributed by atoms with Crippen LogP contribution in [0, 0.1) is 0 Å². The number of amides is 1. The first-order valence-corrected chi connectivity index (χ1v) is 8.81. The number of benzene rings is 1. The summed E-state index contributed by atoms with van der Waals surface area (Å²) in [7, 11) is 0. The van der Waals surface area contributed by atoms with Crippen LogP contribution in [0.1, 0.15) is 29.4 Å². The lowest BCUT2D eigenvalue weighted by Gasteiger charge is -2.29. The molecule has 3 heterocycles. The molecule has 0 unspecified atom stereocenters. The molecule has 0 bridgehead atoms. The molecule has 1 amide bonds. The number of hydrogen-bond acceptors (Lipinski definition) is 4. The van der Waals surface area contributed by atoms with E-state index in [-0.39, 0.29) is 19.1 Å². The van der Waals surface area contributed by atoms with Crippen LogP contribution in [-0.4, -0.2) is 29.6 Å². The highest BCUT2D eigenvalue weighted by Crippen LogP contribution is 2.28. The summed E-state index contributed by atoms with van der Waals surface area (Å²) in [6, 6.07) is 11.4. The number of ether oxygens (including phenoxy) is 1. The molecule has 6 heteroatoms. The van der Waals surface area contributed by atoms with E-state index in [1.807, 2.05) is 18.2 Å². The fraction of sp³-hybridized carbons (Fsp3) is 0.300. The Balaban J connectivity index is 1.67. The van der Waals surface area contributed by atoms with Crippen LogP contribution < -0.4 is 4.90 Å². The average Bonchev–Trinajstić information content (AvgIpc) is 3.24. The normalized spacial score (nSPS) is 13.7. The summed E-state index contributed by atoms with van der Waals surface area (Å²) in [6.45, 7) is 2.77. The predicted octanol–water partition coefficient (Wildman–Crippen LogP) is 3.39. The summed E-state index contributed by atoms with van der Waals surface area (Å²) in [4.78, 5) is 27.1. The number of carbonyl (C=O) groups excluding carboxylic acids is 2. The lowest BCUT2D eigenvalue weighted by Crippen LogP contribution is -2.38. The Labute approximate surface area is 150 Å². The third-order valence-corrected chi connectivity index (χ3v) is 4.71. The molecule has 2 aromatic heterocycles. The van der Waals surface area contributed by atoms with Gasteiger partial charge < -0.3 is 18.6 Å². The van der Waals surface area contributed by atoms with E-state index in [0.717, 1.165) is 18.5 Å². The van der Waals surface area contributed by atoms with Gasteiger partial charge in [0.05, 0.1) is 18.4 Å². The van der Waals surface area contributed by atoms with Gasteiger partial charge in [0.1, 0.15) is 12.2 Å². The molecule has 1 aliphatic rings. The Bertz CT molecular complexity index is 969. The highest BCUT2D eigenvalue weighted by Gasteiger charge is 2.25. The third-order valence-electron chi connectivity index (χ3n) is 4.71. The van der Waals surface area contributed by atoms with Gasteiger partial charge in [0.2, 0.25) is 5.91 Å². The van der Waals surface area contributed by atoms with Crippen molar-refractivity contribution in [2.45, 2.75) is 26.3 Å². The van der Waals surface area contributed by atoms with E-state index < -0.39 is 5.97 Å². The maximum atomic E-state index is 13.0. The van der Waals surface area contributed by atoms with E-state index >= 15 is 0 Å². The van der Waals surface area contributed by atoms with Gasteiger partial charge in [0.15, 0.2) is 5.58 Å². The van der Waals surface area contributed by atoms with Crippen LogP contribution in [0.4, 0.5) is 5.69 Å². The largest absolute Gasteiger partial charge is 0.463 e. The maximum absolute atomic E-state index is 13.0. The van der Waals surface area contributed by atoms with Gasteiger partial charge in [-0.3, -0.25) is 4.79 Å². The SMILES string of the molecule is CCOC(=O)c1cc2occc2n1CC(=O)N1CCCc2ccccc21. The van der Waals surface area contributed by atoms with Crippen molar-refractivity contribution < 1.29 is 18.7 Å². The number of aryl methyl sites for hydroxylation is 1. The van der Waals surface area contributed by atoms with E-state index in [0.29, 0.717) is 23.3 Å². The van der Waals surface area contributed by atoms with Crippen LogP contribution in [0.3, 0.4) is 0 Å². The van der Waals surface area contributed by atoms with Gasteiger partial charge in [-0.15, -0.1) is 0 Å². The highest BCUT2D eigenvalue weighted by molar-refractivity contribution is 5.98. The third kappa shape index (κ3) is 2.77. The Morgan fingerprint density at radius 2 is 2.08 bits per heavy atom. The molecule has 0 spiro atoms. The van der Waals surface area contributed by atoms with Crippen molar-refractivity contribution in [1.82, 2.24) is 4.57 Å². The Kier molecular flexibility index (Phi) is 4.24. The zero-order valence-corrected chi connectivity index (χ0v) is 14.6. The fourth-order valence-electron chi connectivity index (χ4n) is 3.53. The summed E-state index contributed by atoms with van der Waals surface area (Å²) in [5.74, 6) is -0.507. The second-order valence-corrected chi connectivity index (χ2v) is 6.28. The number of rotatable bonds is 4. The minimum atomic E-state index is -0.453. The molecule has 0 aliphatic carbocycles. The average molecular weight is 352 g/mol. The van der Waals surface area contributed by atoms with Crippen molar-refractivity contribution in [3.05, 3.63) is 53.9 Å². The first-order valence-electron chi connectivity index (χ1n) is 8.81. The van der Waals surface area contributed by atoms with Crippen molar-refractivity contribution in [2.75, 3.05) is 18.1 Å². The van der Waals surface area contributed by atoms with Crippen molar-refractivity contribution in [3.8, 4) is 0 Å². The van der Waals surface area contributed by atoms with Crippen molar-refractivity contribution in [3.63, 3.8) is 0 Å². The van der Waals surface area contributed by atoms with E-state index in [4.69, 9.17) is 9.15 Å². The topological polar surface area (TPSA) is 64.7 Å². The predicted molar refractivity (Wildman–Crippen MR) is 97.3 cm³/mol. The maximum Gasteiger partial charge on any atom is 0.355 e. The molecule has 1 aromatic carbocycles. The molecule has 1 aliphatic heterocycles. The number of aromatic nitrogens is 1. The number of carbonyl (C=O) groups is 2. The molecule has 26 heavy (non-hydrogen) atoms. The van der Waals surface area contributed by atoms with Crippen molar-refractivity contribution in [2.24, 2.45) is 0 Å². The molecular weight excluding hydrogens is 332 g/mol. The van der Waals surface area contributed by atoms with Gasteiger partial charge in [-0.1, -0.05) is 18.2 Å². The molecule has 4 rings (SSSR count). The number of hydrogen-bond donors (Lipinski definition) is 0. The molecule has 0 saturated carbocycles. The van der Waals surface area contributed by atoms with Crippen LogP contribution in [0.25, 0.3) is 11.1 Å². The first kappa shape index (κ1) is 16.4. The van der Waals surface area contributed by atoms with Gasteiger partial charge in [-0.2, -0.15) is 0 Å². The Morgan fingerprint density at radius 1 is 1.23 bits per heavy atom. The van der Waals surface area contributed by atoms with E-state index in [1.165, 1.54) is 5.56 Å². The van der Waals surface area contributed by atoms with Gasteiger partial charge in [0.25, 0.3) is 0 Å². The molecule has 6 nitrogen and oxygen atoms in total. The summed E-state index contributed by atoms with van der Waals surface area (Å²) < 4.78 is 12.2. The van der Waals surface area contributed by atoms with Crippen LogP contribution in [0.5, 0.6) is 0 Å². The van der Waals surface area contributed by atoms with E-state index in [9.17, 15) is 9.59 Å². The molecule has 134 valence electrons. The number of para-hydroxylation sites is 1. The van der Waals surface area contributed by atoms with Crippen molar-refractivity contribution in [1.29, 1.82) is 0 Å². The zero-order chi connectivity index (χ0) is 18.1.